The van der Waals surface area contributed by atoms with Crippen molar-refractivity contribution in [3.8, 4) is 6.07 Å². The Morgan fingerprint density at radius 2 is 1.83 bits per heavy atom. The standard InChI is InChI=1S/C30H34N4O/c1-4-20-16-23-24(17-26(20)34-13-11-33(12-14-34)21-7-5-6-8-21)30(2,3)29-27(28(23)35)22-10-9-19(18-31)15-25(22)32-29/h9-10,15-17,21,32H,4-8,11-14H2,1-3H3. The fraction of sp³-hybridized carbons (Fsp3) is 0.467. The van der Waals surface area contributed by atoms with Crippen LogP contribution in [0.4, 0.5) is 5.69 Å². The quantitative estimate of drug-likeness (QED) is 0.551. The van der Waals surface area contributed by atoms with Crippen LogP contribution in [-0.4, -0.2) is 47.9 Å². The second kappa shape index (κ2) is 8.24. The second-order valence-corrected chi connectivity index (χ2v) is 11.0. The van der Waals surface area contributed by atoms with Crippen LogP contribution < -0.4 is 4.90 Å². The lowest BCUT2D eigenvalue weighted by Gasteiger charge is -2.41. The van der Waals surface area contributed by atoms with Gasteiger partial charge in [0, 0.05) is 65.5 Å². The summed E-state index contributed by atoms with van der Waals surface area (Å²) in [4.78, 5) is 22.6. The highest BCUT2D eigenvalue weighted by molar-refractivity contribution is 6.20. The molecule has 3 aliphatic rings. The first-order valence-electron chi connectivity index (χ1n) is 13.2. The molecular formula is C30H34N4O. The van der Waals surface area contributed by atoms with Crippen molar-refractivity contribution in [3.05, 3.63) is 63.8 Å². The van der Waals surface area contributed by atoms with E-state index in [4.69, 9.17) is 0 Å². The van der Waals surface area contributed by atoms with Crippen LogP contribution in [0.1, 0.15) is 84.8 Å². The number of aryl methyl sites for hydroxylation is 1. The number of piperazine rings is 1. The maximum absolute atomic E-state index is 13.9. The van der Waals surface area contributed by atoms with Gasteiger partial charge in [0.25, 0.3) is 0 Å². The van der Waals surface area contributed by atoms with Gasteiger partial charge in [-0.3, -0.25) is 9.69 Å². The van der Waals surface area contributed by atoms with E-state index in [1.54, 1.807) is 6.07 Å². The van der Waals surface area contributed by atoms with Crippen molar-refractivity contribution < 1.29 is 4.79 Å². The van der Waals surface area contributed by atoms with E-state index >= 15 is 0 Å². The molecule has 0 bridgehead atoms. The third-order valence-electron chi connectivity index (χ3n) is 8.79. The number of nitriles is 1. The van der Waals surface area contributed by atoms with Crippen molar-refractivity contribution in [3.63, 3.8) is 0 Å². The van der Waals surface area contributed by atoms with E-state index in [2.05, 4.69) is 53.8 Å². The van der Waals surface area contributed by atoms with Gasteiger partial charge in [0.1, 0.15) is 0 Å². The number of hydrogen-bond acceptors (Lipinski definition) is 4. The molecule has 1 N–H and O–H groups in total. The highest BCUT2D eigenvalue weighted by atomic mass is 16.1. The predicted octanol–water partition coefficient (Wildman–Crippen LogP) is 5.54. The number of carbonyl (C=O) groups excluding carboxylic acids is 1. The summed E-state index contributed by atoms with van der Waals surface area (Å²) in [7, 11) is 0. The molecule has 0 spiro atoms. The van der Waals surface area contributed by atoms with Gasteiger partial charge in [0.2, 0.25) is 0 Å². The molecule has 180 valence electrons. The van der Waals surface area contributed by atoms with E-state index in [0.717, 1.165) is 71.9 Å². The van der Waals surface area contributed by atoms with E-state index in [1.807, 2.05) is 12.1 Å². The first kappa shape index (κ1) is 22.4. The molecule has 0 atom stereocenters. The summed E-state index contributed by atoms with van der Waals surface area (Å²) in [6.45, 7) is 11.0. The molecule has 1 aliphatic heterocycles. The SMILES string of the molecule is CCc1cc2c(cc1N1CCN(C3CCCC3)CC1)C(C)(C)c1[nH]c3cc(C#N)ccc3c1C2=O. The number of aromatic amines is 1. The molecule has 1 saturated carbocycles. The van der Waals surface area contributed by atoms with Gasteiger partial charge in [0.05, 0.1) is 17.2 Å². The number of aromatic nitrogens is 1. The molecule has 35 heavy (non-hydrogen) atoms. The molecule has 2 heterocycles. The first-order chi connectivity index (χ1) is 16.9. The van der Waals surface area contributed by atoms with Crippen LogP contribution in [0, 0.1) is 11.3 Å². The fourth-order valence-corrected chi connectivity index (χ4v) is 6.75. The minimum absolute atomic E-state index is 0.0950. The average molecular weight is 467 g/mol. The molecule has 5 nitrogen and oxygen atoms in total. The smallest absolute Gasteiger partial charge is 0.195 e. The molecule has 0 unspecified atom stereocenters. The van der Waals surface area contributed by atoms with Crippen LogP contribution in [0.5, 0.6) is 0 Å². The number of hydrogen-bond donors (Lipinski definition) is 1. The number of rotatable bonds is 3. The van der Waals surface area contributed by atoms with Gasteiger partial charge < -0.3 is 9.88 Å². The number of benzene rings is 2. The van der Waals surface area contributed by atoms with Gasteiger partial charge >= 0.3 is 0 Å². The summed E-state index contributed by atoms with van der Waals surface area (Å²) in [5.74, 6) is 0.0950. The van der Waals surface area contributed by atoms with Crippen molar-refractivity contribution in [2.24, 2.45) is 0 Å². The lowest BCUT2D eigenvalue weighted by Crippen LogP contribution is -2.50. The van der Waals surface area contributed by atoms with Crippen molar-refractivity contribution in [2.75, 3.05) is 31.1 Å². The summed E-state index contributed by atoms with van der Waals surface area (Å²) in [6, 6.07) is 13.1. The van der Waals surface area contributed by atoms with Crippen molar-refractivity contribution in [1.29, 1.82) is 5.26 Å². The van der Waals surface area contributed by atoms with E-state index in [-0.39, 0.29) is 11.2 Å². The Balaban J connectivity index is 1.40. The normalized spacial score (nSPS) is 20.2. The number of fused-ring (bicyclic) bond motifs is 4. The largest absolute Gasteiger partial charge is 0.369 e. The molecule has 5 heteroatoms. The minimum Gasteiger partial charge on any atom is -0.369 e. The second-order valence-electron chi connectivity index (χ2n) is 11.0. The molecule has 2 fully saturated rings. The Bertz CT molecular complexity index is 1360. The van der Waals surface area contributed by atoms with Crippen LogP contribution in [0.15, 0.2) is 30.3 Å². The zero-order chi connectivity index (χ0) is 24.3. The first-order valence-corrected chi connectivity index (χ1v) is 13.2. The van der Waals surface area contributed by atoms with Crippen molar-refractivity contribution in [1.82, 2.24) is 9.88 Å². The maximum Gasteiger partial charge on any atom is 0.195 e. The molecule has 3 aromatic rings. The van der Waals surface area contributed by atoms with Crippen molar-refractivity contribution in [2.45, 2.75) is 64.3 Å². The predicted molar refractivity (Wildman–Crippen MR) is 140 cm³/mol. The number of nitrogens with one attached hydrogen (secondary N) is 1. The van der Waals surface area contributed by atoms with Crippen LogP contribution in [0.3, 0.4) is 0 Å². The Morgan fingerprint density at radius 3 is 2.51 bits per heavy atom. The Morgan fingerprint density at radius 1 is 1.09 bits per heavy atom. The maximum atomic E-state index is 13.9. The van der Waals surface area contributed by atoms with Gasteiger partial charge in [-0.15, -0.1) is 0 Å². The molecule has 0 radical (unpaired) electrons. The van der Waals surface area contributed by atoms with E-state index in [9.17, 15) is 10.1 Å². The molecule has 1 aromatic heterocycles. The Hall–Kier alpha value is -3.10. The summed E-state index contributed by atoms with van der Waals surface area (Å²) in [6.07, 6.45) is 6.39. The highest BCUT2D eigenvalue weighted by Crippen LogP contribution is 2.46. The van der Waals surface area contributed by atoms with E-state index in [1.165, 1.54) is 36.9 Å². The monoisotopic (exact) mass is 466 g/mol. The van der Waals surface area contributed by atoms with E-state index < -0.39 is 0 Å². The number of ketones is 1. The zero-order valence-electron chi connectivity index (χ0n) is 21.1. The van der Waals surface area contributed by atoms with Crippen molar-refractivity contribution >= 4 is 22.4 Å². The van der Waals surface area contributed by atoms with Crippen LogP contribution >= 0.6 is 0 Å². The number of carbonyl (C=O) groups is 1. The summed E-state index contributed by atoms with van der Waals surface area (Å²) in [5.41, 5.74) is 7.35. The zero-order valence-corrected chi connectivity index (χ0v) is 21.1. The van der Waals surface area contributed by atoms with Crippen LogP contribution in [-0.2, 0) is 11.8 Å². The van der Waals surface area contributed by atoms with Crippen LogP contribution in [0.25, 0.3) is 10.9 Å². The fourth-order valence-electron chi connectivity index (χ4n) is 6.75. The third-order valence-corrected chi connectivity index (χ3v) is 8.79. The minimum atomic E-state index is -0.336. The lowest BCUT2D eigenvalue weighted by atomic mass is 9.70. The molecule has 0 amide bonds. The Kier molecular flexibility index (Phi) is 5.27. The lowest BCUT2D eigenvalue weighted by molar-refractivity contribution is 0.103. The number of nitrogens with zero attached hydrogens (tertiary/aromatic N) is 3. The number of anilines is 1. The van der Waals surface area contributed by atoms with Gasteiger partial charge in [-0.1, -0.05) is 39.7 Å². The summed E-state index contributed by atoms with van der Waals surface area (Å²) >= 11 is 0. The molecular weight excluding hydrogens is 432 g/mol. The summed E-state index contributed by atoms with van der Waals surface area (Å²) < 4.78 is 0. The van der Waals surface area contributed by atoms with Gasteiger partial charge in [-0.25, -0.2) is 0 Å². The van der Waals surface area contributed by atoms with Gasteiger partial charge in [-0.05, 0) is 54.7 Å². The topological polar surface area (TPSA) is 63.1 Å². The van der Waals surface area contributed by atoms with Crippen LogP contribution in [0.2, 0.25) is 0 Å². The molecule has 6 rings (SSSR count). The number of H-pyrrole nitrogens is 1. The molecule has 2 aromatic carbocycles. The third kappa shape index (κ3) is 3.42. The highest BCUT2D eigenvalue weighted by Gasteiger charge is 2.40. The summed E-state index contributed by atoms with van der Waals surface area (Å²) in [5, 5.41) is 10.3. The van der Waals surface area contributed by atoms with Gasteiger partial charge in [-0.2, -0.15) is 5.26 Å². The average Bonchev–Trinajstić information content (AvgIpc) is 3.55. The van der Waals surface area contributed by atoms with Gasteiger partial charge in [0.15, 0.2) is 5.78 Å². The Labute approximate surface area is 207 Å². The van der Waals surface area contributed by atoms with E-state index in [0.29, 0.717) is 5.56 Å². The molecule has 2 aliphatic carbocycles. The molecule has 1 saturated heterocycles.